The highest BCUT2D eigenvalue weighted by Crippen LogP contribution is 2.35. The van der Waals surface area contributed by atoms with E-state index in [0.29, 0.717) is 22.0 Å². The van der Waals surface area contributed by atoms with E-state index in [4.69, 9.17) is 27.9 Å². The third-order valence-electron chi connectivity index (χ3n) is 4.64. The fourth-order valence-corrected chi connectivity index (χ4v) is 4.02. The Kier molecular flexibility index (Phi) is 6.47. The van der Waals surface area contributed by atoms with E-state index >= 15 is 0 Å². The van der Waals surface area contributed by atoms with Gasteiger partial charge in [0.25, 0.3) is 5.91 Å². The average molecular weight is 502 g/mol. The molecule has 0 fully saturated rings. The molecule has 2 aromatic carbocycles. The van der Waals surface area contributed by atoms with Gasteiger partial charge in [0.15, 0.2) is 0 Å². The Labute approximate surface area is 198 Å². The molecule has 0 aliphatic rings. The molecule has 5 nitrogen and oxygen atoms in total. The summed E-state index contributed by atoms with van der Waals surface area (Å²) in [5.74, 6) is -1.78. The minimum atomic E-state index is -4.85. The number of rotatable bonds is 3. The maximum Gasteiger partial charge on any atom is 0.573 e. The van der Waals surface area contributed by atoms with Crippen LogP contribution in [-0.4, -0.2) is 28.4 Å². The Morgan fingerprint density at radius 1 is 1.00 bits per heavy atom. The third kappa shape index (κ3) is 5.28. The monoisotopic (exact) mass is 501 g/mol. The Hall–Kier alpha value is -2.71. The van der Waals surface area contributed by atoms with Crippen molar-refractivity contribution in [3.05, 3.63) is 62.8 Å². The molecule has 3 aromatic rings. The molecule has 0 saturated carbocycles. The summed E-state index contributed by atoms with van der Waals surface area (Å²) in [6.45, 7) is 8.26. The number of hydrogen-bond acceptors (Lipinski definition) is 4. The zero-order valence-corrected chi connectivity index (χ0v) is 19.9. The van der Waals surface area contributed by atoms with Gasteiger partial charge in [-0.3, -0.25) is 9.36 Å². The molecule has 0 amide bonds. The van der Waals surface area contributed by atoms with Crippen LogP contribution in [0.15, 0.2) is 30.5 Å². The normalized spacial score (nSPS) is 12.2. The van der Waals surface area contributed by atoms with Crippen molar-refractivity contribution in [2.24, 2.45) is 0 Å². The second-order valence-corrected chi connectivity index (χ2v) is 9.24. The summed E-state index contributed by atoms with van der Waals surface area (Å²) in [6.07, 6.45) is -3.39. The number of alkyl halides is 3. The van der Waals surface area contributed by atoms with Gasteiger partial charge in [0.05, 0.1) is 26.7 Å². The van der Waals surface area contributed by atoms with Crippen LogP contribution in [0.1, 0.15) is 52.6 Å². The topological polar surface area (TPSA) is 57.5 Å². The van der Waals surface area contributed by atoms with Crippen LogP contribution in [0.25, 0.3) is 10.9 Å². The van der Waals surface area contributed by atoms with Crippen LogP contribution in [0.5, 0.6) is 5.75 Å². The van der Waals surface area contributed by atoms with Crippen LogP contribution >= 0.6 is 23.2 Å². The minimum Gasteiger partial charge on any atom is -0.456 e. The summed E-state index contributed by atoms with van der Waals surface area (Å²) in [7, 11) is 0. The Bertz CT molecular complexity index is 1270. The summed E-state index contributed by atoms with van der Waals surface area (Å²) in [4.78, 5) is 26.0. The number of aryl methyl sites for hydroxylation is 2. The molecule has 33 heavy (non-hydrogen) atoms. The van der Waals surface area contributed by atoms with Gasteiger partial charge >= 0.3 is 12.3 Å². The molecule has 10 heteroatoms. The summed E-state index contributed by atoms with van der Waals surface area (Å²) >= 11 is 12.7. The Morgan fingerprint density at radius 3 is 2.21 bits per heavy atom. The van der Waals surface area contributed by atoms with E-state index in [-0.39, 0.29) is 21.2 Å². The standard InChI is InChI=1S/C23H20Cl2F3NO4/c1-11-8-13(32-23(26,27)28)9-15-12(2)10-29(19(11)15)20(30)17-16(24)7-6-14(18(17)25)21(31)33-22(3,4)5/h6-10H,1-5H3. The van der Waals surface area contributed by atoms with Crippen molar-refractivity contribution in [3.8, 4) is 5.75 Å². The molecule has 0 saturated heterocycles. The van der Waals surface area contributed by atoms with Crippen molar-refractivity contribution >= 4 is 46.0 Å². The van der Waals surface area contributed by atoms with E-state index in [1.165, 1.54) is 35.0 Å². The minimum absolute atomic E-state index is 0.00601. The summed E-state index contributed by atoms with van der Waals surface area (Å²) in [5.41, 5.74) is 0.305. The quantitative estimate of drug-likeness (QED) is 0.359. The van der Waals surface area contributed by atoms with E-state index in [0.717, 1.165) is 0 Å². The number of carbonyl (C=O) groups excluding carboxylic acids is 2. The molecule has 0 bridgehead atoms. The highest BCUT2D eigenvalue weighted by Gasteiger charge is 2.32. The first kappa shape index (κ1) is 24.9. The Morgan fingerprint density at radius 2 is 1.64 bits per heavy atom. The number of aromatic nitrogens is 1. The van der Waals surface area contributed by atoms with Crippen molar-refractivity contribution in [2.75, 3.05) is 0 Å². The van der Waals surface area contributed by atoms with Gasteiger partial charge in [-0.15, -0.1) is 13.2 Å². The molecule has 0 unspecified atom stereocenters. The van der Waals surface area contributed by atoms with E-state index in [2.05, 4.69) is 4.74 Å². The van der Waals surface area contributed by atoms with Gasteiger partial charge < -0.3 is 9.47 Å². The molecule has 176 valence electrons. The number of nitrogens with zero attached hydrogens (tertiary/aromatic N) is 1. The number of carbonyl (C=O) groups is 2. The van der Waals surface area contributed by atoms with Crippen LogP contribution < -0.4 is 4.74 Å². The molecular weight excluding hydrogens is 482 g/mol. The third-order valence-corrected chi connectivity index (χ3v) is 5.35. The van der Waals surface area contributed by atoms with Crippen LogP contribution in [0.4, 0.5) is 13.2 Å². The first-order chi connectivity index (χ1) is 15.1. The van der Waals surface area contributed by atoms with Gasteiger partial charge in [-0.1, -0.05) is 23.2 Å². The first-order valence-electron chi connectivity index (χ1n) is 9.73. The van der Waals surface area contributed by atoms with Gasteiger partial charge in [0, 0.05) is 11.6 Å². The lowest BCUT2D eigenvalue weighted by atomic mass is 10.1. The van der Waals surface area contributed by atoms with Crippen LogP contribution in [-0.2, 0) is 4.74 Å². The van der Waals surface area contributed by atoms with Gasteiger partial charge in [-0.25, -0.2) is 4.79 Å². The highest BCUT2D eigenvalue weighted by molar-refractivity contribution is 6.41. The highest BCUT2D eigenvalue weighted by atomic mass is 35.5. The molecular formula is C23H20Cl2F3NO4. The number of esters is 1. The van der Waals surface area contributed by atoms with Crippen LogP contribution in [0.3, 0.4) is 0 Å². The summed E-state index contributed by atoms with van der Waals surface area (Å²) in [6, 6.07) is 5.11. The van der Waals surface area contributed by atoms with Gasteiger partial charge in [-0.05, 0) is 70.0 Å². The number of halogens is 5. The predicted octanol–water partition coefficient (Wildman–Crippen LogP) is 7.11. The van der Waals surface area contributed by atoms with Gasteiger partial charge in [-0.2, -0.15) is 0 Å². The zero-order valence-electron chi connectivity index (χ0n) is 18.4. The second kappa shape index (κ2) is 8.57. The van der Waals surface area contributed by atoms with Crippen LogP contribution in [0, 0.1) is 13.8 Å². The van der Waals surface area contributed by atoms with E-state index in [1.54, 1.807) is 34.6 Å². The molecule has 1 aromatic heterocycles. The SMILES string of the molecule is Cc1cn(C(=O)c2c(Cl)ccc(C(=O)OC(C)(C)C)c2Cl)c2c(C)cc(OC(F)(F)F)cc12. The fourth-order valence-electron chi connectivity index (χ4n) is 3.41. The molecule has 3 rings (SSSR count). The van der Waals surface area contributed by atoms with Crippen molar-refractivity contribution in [1.82, 2.24) is 4.57 Å². The lowest BCUT2D eigenvalue weighted by molar-refractivity contribution is -0.274. The van der Waals surface area contributed by atoms with Crippen LogP contribution in [0.2, 0.25) is 10.0 Å². The fraction of sp³-hybridized carbons (Fsp3) is 0.304. The number of hydrogen-bond donors (Lipinski definition) is 0. The lowest BCUT2D eigenvalue weighted by Gasteiger charge is -2.20. The predicted molar refractivity (Wildman–Crippen MR) is 119 cm³/mol. The Balaban J connectivity index is 2.14. The van der Waals surface area contributed by atoms with Gasteiger partial charge in [0.2, 0.25) is 0 Å². The molecule has 1 heterocycles. The van der Waals surface area contributed by atoms with Gasteiger partial charge in [0.1, 0.15) is 11.4 Å². The summed E-state index contributed by atoms with van der Waals surface area (Å²) < 4.78 is 48.6. The summed E-state index contributed by atoms with van der Waals surface area (Å²) in [5, 5.41) is 0.209. The molecule has 0 radical (unpaired) electrons. The van der Waals surface area contributed by atoms with Crippen molar-refractivity contribution in [2.45, 2.75) is 46.6 Å². The van der Waals surface area contributed by atoms with E-state index in [9.17, 15) is 22.8 Å². The smallest absolute Gasteiger partial charge is 0.456 e. The zero-order chi connectivity index (χ0) is 24.9. The molecule has 0 N–H and O–H groups in total. The van der Waals surface area contributed by atoms with Crippen molar-refractivity contribution in [1.29, 1.82) is 0 Å². The maximum absolute atomic E-state index is 13.5. The molecule has 0 atom stereocenters. The second-order valence-electron chi connectivity index (χ2n) is 8.46. The van der Waals surface area contributed by atoms with Crippen molar-refractivity contribution in [3.63, 3.8) is 0 Å². The molecule has 0 aliphatic heterocycles. The largest absolute Gasteiger partial charge is 0.573 e. The lowest BCUT2D eigenvalue weighted by Crippen LogP contribution is -2.24. The maximum atomic E-state index is 13.5. The van der Waals surface area contributed by atoms with E-state index < -0.39 is 29.6 Å². The number of ether oxygens (including phenoxy) is 2. The first-order valence-corrected chi connectivity index (χ1v) is 10.5. The van der Waals surface area contributed by atoms with Crippen molar-refractivity contribution < 1.29 is 32.2 Å². The molecule has 0 aliphatic carbocycles. The average Bonchev–Trinajstić information content (AvgIpc) is 2.96. The van der Waals surface area contributed by atoms with E-state index in [1.807, 2.05) is 0 Å². The number of benzene rings is 2. The molecule has 0 spiro atoms. The number of fused-ring (bicyclic) bond motifs is 1.